The summed E-state index contributed by atoms with van der Waals surface area (Å²) in [4.78, 5) is 11.6. The topological polar surface area (TPSA) is 52.3 Å². The summed E-state index contributed by atoms with van der Waals surface area (Å²) in [6.45, 7) is 3.16. The monoisotopic (exact) mass is 211 g/mol. The Morgan fingerprint density at radius 3 is 2.60 bits per heavy atom. The molecular weight excluding hydrogens is 197 g/mol. The van der Waals surface area contributed by atoms with Crippen LogP contribution in [0.1, 0.15) is 22.8 Å². The van der Waals surface area contributed by atoms with Gasteiger partial charge in [0.1, 0.15) is 11.6 Å². The van der Waals surface area contributed by atoms with E-state index < -0.39 is 11.9 Å². The van der Waals surface area contributed by atoms with Gasteiger partial charge in [0, 0.05) is 0 Å². The Balaban J connectivity index is 3.27. The number of hydrogen-bond donors (Lipinski definition) is 1. The van der Waals surface area contributed by atoms with E-state index in [1.807, 2.05) is 0 Å². The maximum absolute atomic E-state index is 13.3. The lowest BCUT2D eigenvalue weighted by atomic mass is 10.0. The third-order valence-corrected chi connectivity index (χ3v) is 2.16. The number of halogens is 1. The van der Waals surface area contributed by atoms with Crippen molar-refractivity contribution in [3.63, 3.8) is 0 Å². The van der Waals surface area contributed by atoms with Gasteiger partial charge in [0.15, 0.2) is 5.78 Å². The van der Waals surface area contributed by atoms with E-state index in [1.54, 1.807) is 13.8 Å². The summed E-state index contributed by atoms with van der Waals surface area (Å²) in [6.07, 6.45) is 0. The van der Waals surface area contributed by atoms with Crippen LogP contribution in [-0.2, 0) is 0 Å². The highest BCUT2D eigenvalue weighted by molar-refractivity contribution is 6.02. The number of methoxy groups -OCH3 is 1. The largest absolute Gasteiger partial charge is 0.496 e. The molecule has 0 radical (unpaired) electrons. The van der Waals surface area contributed by atoms with Crippen LogP contribution in [-0.4, -0.2) is 18.9 Å². The fraction of sp³-hybridized carbons (Fsp3) is 0.364. The van der Waals surface area contributed by atoms with Crippen LogP contribution in [0.5, 0.6) is 5.75 Å². The first-order valence-electron chi connectivity index (χ1n) is 4.61. The number of benzene rings is 1. The molecule has 3 nitrogen and oxygen atoms in total. The Bertz CT molecular complexity index is 388. The second-order valence-electron chi connectivity index (χ2n) is 3.45. The zero-order valence-corrected chi connectivity index (χ0v) is 9.00. The molecule has 0 aliphatic carbocycles. The van der Waals surface area contributed by atoms with Gasteiger partial charge in [-0.15, -0.1) is 0 Å². The van der Waals surface area contributed by atoms with Gasteiger partial charge < -0.3 is 10.5 Å². The maximum Gasteiger partial charge on any atom is 0.183 e. The van der Waals surface area contributed by atoms with E-state index >= 15 is 0 Å². The van der Waals surface area contributed by atoms with Crippen molar-refractivity contribution in [3.8, 4) is 5.75 Å². The number of Topliss-reactive ketones (excluding diaryl/α,β-unsaturated/α-hetero) is 1. The second kappa shape index (κ2) is 4.40. The number of carbonyl (C=O) groups is 1. The molecule has 0 amide bonds. The minimum absolute atomic E-state index is 0.190. The number of nitrogens with two attached hydrogens (primary N) is 1. The second-order valence-corrected chi connectivity index (χ2v) is 3.45. The number of ketones is 1. The minimum atomic E-state index is -0.666. The molecule has 1 aromatic rings. The van der Waals surface area contributed by atoms with Crippen LogP contribution in [0, 0.1) is 12.7 Å². The number of rotatable bonds is 3. The number of aryl methyl sites for hydroxylation is 1. The quantitative estimate of drug-likeness (QED) is 0.774. The van der Waals surface area contributed by atoms with Crippen LogP contribution in [0.3, 0.4) is 0 Å². The molecule has 0 fully saturated rings. The van der Waals surface area contributed by atoms with Gasteiger partial charge in [-0.3, -0.25) is 4.79 Å². The molecule has 1 aromatic carbocycles. The first kappa shape index (κ1) is 11.7. The number of hydrogen-bond acceptors (Lipinski definition) is 3. The Hall–Kier alpha value is -1.42. The maximum atomic E-state index is 13.3. The zero-order valence-electron chi connectivity index (χ0n) is 9.00. The van der Waals surface area contributed by atoms with Crippen molar-refractivity contribution in [2.75, 3.05) is 7.11 Å². The van der Waals surface area contributed by atoms with Gasteiger partial charge in [-0.05, 0) is 31.5 Å². The van der Waals surface area contributed by atoms with E-state index in [4.69, 9.17) is 10.5 Å². The van der Waals surface area contributed by atoms with Crippen LogP contribution in [0.15, 0.2) is 12.1 Å². The molecule has 1 unspecified atom stereocenters. The van der Waals surface area contributed by atoms with Gasteiger partial charge >= 0.3 is 0 Å². The molecule has 0 bridgehead atoms. The van der Waals surface area contributed by atoms with Gasteiger partial charge in [0.25, 0.3) is 0 Å². The van der Waals surface area contributed by atoms with E-state index in [0.29, 0.717) is 11.3 Å². The van der Waals surface area contributed by atoms with Crippen molar-refractivity contribution in [1.82, 2.24) is 0 Å². The molecule has 0 aliphatic heterocycles. The van der Waals surface area contributed by atoms with Crippen LogP contribution in [0.4, 0.5) is 4.39 Å². The highest BCUT2D eigenvalue weighted by atomic mass is 19.1. The van der Waals surface area contributed by atoms with Crippen molar-refractivity contribution in [1.29, 1.82) is 0 Å². The number of ether oxygens (including phenoxy) is 1. The lowest BCUT2D eigenvalue weighted by Crippen LogP contribution is -2.27. The Labute approximate surface area is 88.0 Å². The molecule has 0 saturated heterocycles. The van der Waals surface area contributed by atoms with Crippen LogP contribution in [0.25, 0.3) is 0 Å². The fourth-order valence-corrected chi connectivity index (χ4v) is 1.26. The molecule has 0 spiro atoms. The van der Waals surface area contributed by atoms with Gasteiger partial charge in [-0.25, -0.2) is 4.39 Å². The standard InChI is InChI=1S/C11H14FNO2/c1-6-4-10(15-3)8(5-9(6)12)11(14)7(2)13/h4-5,7H,13H2,1-3H3. The predicted octanol–water partition coefficient (Wildman–Crippen LogP) is 1.67. The van der Waals surface area contributed by atoms with E-state index in [1.165, 1.54) is 19.2 Å². The highest BCUT2D eigenvalue weighted by Crippen LogP contribution is 2.23. The Kier molecular flexibility index (Phi) is 3.42. The zero-order chi connectivity index (χ0) is 11.6. The summed E-state index contributed by atoms with van der Waals surface area (Å²) < 4.78 is 18.3. The van der Waals surface area contributed by atoms with Crippen LogP contribution < -0.4 is 10.5 Å². The summed E-state index contributed by atoms with van der Waals surface area (Å²) in [6, 6.07) is 1.99. The molecule has 4 heteroatoms. The van der Waals surface area contributed by atoms with Crippen molar-refractivity contribution in [3.05, 3.63) is 29.1 Å². The molecule has 0 aliphatic rings. The molecule has 1 rings (SSSR count). The predicted molar refractivity (Wildman–Crippen MR) is 55.7 cm³/mol. The van der Waals surface area contributed by atoms with Crippen LogP contribution >= 0.6 is 0 Å². The van der Waals surface area contributed by atoms with Crippen molar-refractivity contribution in [2.45, 2.75) is 19.9 Å². The highest BCUT2D eigenvalue weighted by Gasteiger charge is 2.17. The minimum Gasteiger partial charge on any atom is -0.496 e. The molecule has 15 heavy (non-hydrogen) atoms. The van der Waals surface area contributed by atoms with Crippen LogP contribution in [0.2, 0.25) is 0 Å². The Morgan fingerprint density at radius 2 is 2.13 bits per heavy atom. The molecule has 0 aromatic heterocycles. The molecule has 2 N–H and O–H groups in total. The molecule has 0 saturated carbocycles. The summed E-state index contributed by atoms with van der Waals surface area (Å²) in [5.74, 6) is -0.401. The fourth-order valence-electron chi connectivity index (χ4n) is 1.26. The lowest BCUT2D eigenvalue weighted by Gasteiger charge is -2.11. The van der Waals surface area contributed by atoms with E-state index in [9.17, 15) is 9.18 Å². The molecule has 82 valence electrons. The van der Waals surface area contributed by atoms with Gasteiger partial charge in [-0.2, -0.15) is 0 Å². The lowest BCUT2D eigenvalue weighted by molar-refractivity contribution is 0.0964. The summed E-state index contributed by atoms with van der Waals surface area (Å²) in [5, 5.41) is 0. The number of carbonyl (C=O) groups excluding carboxylic acids is 1. The van der Waals surface area contributed by atoms with Crippen molar-refractivity contribution < 1.29 is 13.9 Å². The Morgan fingerprint density at radius 1 is 1.53 bits per heavy atom. The molecule has 0 heterocycles. The molecular formula is C11H14FNO2. The first-order valence-corrected chi connectivity index (χ1v) is 4.61. The van der Waals surface area contributed by atoms with Gasteiger partial charge in [0.2, 0.25) is 0 Å². The normalized spacial score (nSPS) is 12.3. The van der Waals surface area contributed by atoms with Gasteiger partial charge in [0.05, 0.1) is 18.7 Å². The van der Waals surface area contributed by atoms with E-state index in [-0.39, 0.29) is 11.3 Å². The van der Waals surface area contributed by atoms with E-state index in [2.05, 4.69) is 0 Å². The third kappa shape index (κ3) is 2.33. The average molecular weight is 211 g/mol. The summed E-state index contributed by atoms with van der Waals surface area (Å²) in [7, 11) is 1.44. The SMILES string of the molecule is COc1cc(C)c(F)cc1C(=O)C(C)N. The van der Waals surface area contributed by atoms with Crippen molar-refractivity contribution in [2.24, 2.45) is 5.73 Å². The van der Waals surface area contributed by atoms with Crippen molar-refractivity contribution >= 4 is 5.78 Å². The smallest absolute Gasteiger partial charge is 0.183 e. The summed E-state index contributed by atoms with van der Waals surface area (Å²) >= 11 is 0. The van der Waals surface area contributed by atoms with Gasteiger partial charge in [-0.1, -0.05) is 0 Å². The summed E-state index contributed by atoms with van der Waals surface area (Å²) in [5.41, 5.74) is 6.08. The third-order valence-electron chi connectivity index (χ3n) is 2.16. The first-order chi connectivity index (χ1) is 6.97. The molecule has 1 atom stereocenters. The average Bonchev–Trinajstić information content (AvgIpc) is 2.20. The van der Waals surface area contributed by atoms with E-state index in [0.717, 1.165) is 0 Å².